The molecule has 0 N–H and O–H groups in total. The molecule has 0 spiro atoms. The van der Waals surface area contributed by atoms with Gasteiger partial charge in [0.05, 0.1) is 10.9 Å². The van der Waals surface area contributed by atoms with Gasteiger partial charge in [-0.05, 0) is 32.4 Å². The van der Waals surface area contributed by atoms with Crippen molar-refractivity contribution in [2.45, 2.75) is 20.8 Å². The monoisotopic (exact) mass is 222 g/mol. The van der Waals surface area contributed by atoms with E-state index >= 15 is 0 Å². The first-order valence-electron chi connectivity index (χ1n) is 4.83. The lowest BCUT2D eigenvalue weighted by molar-refractivity contribution is 0.0789. The lowest BCUT2D eigenvalue weighted by atomic mass is 10.2. The number of hydrogen-bond acceptors (Lipinski definition) is 3. The first-order chi connectivity index (χ1) is 7.10. The third-order valence-corrected chi connectivity index (χ3v) is 3.45. The average molecular weight is 222 g/mol. The molecule has 0 aromatic carbocycles. The molecule has 0 radical (unpaired) electrons. The average Bonchev–Trinajstić information content (AvgIpc) is 2.55. The maximum absolute atomic E-state index is 11.9. The van der Waals surface area contributed by atoms with Crippen molar-refractivity contribution < 1.29 is 4.79 Å². The van der Waals surface area contributed by atoms with Crippen LogP contribution in [0.1, 0.15) is 27.0 Å². The number of carbonyl (C=O) groups is 1. The summed E-state index contributed by atoms with van der Waals surface area (Å²) in [6.45, 7) is 6.59. The highest BCUT2D eigenvalue weighted by molar-refractivity contribution is 7.14. The number of carbonyl (C=O) groups excluding carboxylic acids is 1. The molecular formula is C11H14N2OS. The largest absolute Gasteiger partial charge is 0.325 e. The maximum atomic E-state index is 11.9. The third kappa shape index (κ3) is 2.57. The number of thiophene rings is 1. The fourth-order valence-electron chi connectivity index (χ4n) is 1.25. The normalized spacial score (nSPS) is 9.73. The molecule has 0 unspecified atom stereocenters. The van der Waals surface area contributed by atoms with Crippen LogP contribution >= 0.6 is 11.3 Å². The Morgan fingerprint density at radius 3 is 2.67 bits per heavy atom. The van der Waals surface area contributed by atoms with Crippen LogP contribution in [0.2, 0.25) is 0 Å². The van der Waals surface area contributed by atoms with Gasteiger partial charge in [-0.15, -0.1) is 11.3 Å². The fourth-order valence-corrected chi connectivity index (χ4v) is 2.25. The van der Waals surface area contributed by atoms with E-state index in [1.807, 2.05) is 32.9 Å². The summed E-state index contributed by atoms with van der Waals surface area (Å²) >= 11 is 1.49. The molecule has 1 amide bonds. The van der Waals surface area contributed by atoms with Crippen LogP contribution in [-0.2, 0) is 0 Å². The number of rotatable bonds is 3. The van der Waals surface area contributed by atoms with Gasteiger partial charge in [-0.1, -0.05) is 0 Å². The first-order valence-corrected chi connectivity index (χ1v) is 5.65. The van der Waals surface area contributed by atoms with E-state index in [2.05, 4.69) is 0 Å². The first kappa shape index (κ1) is 11.7. The molecule has 0 fully saturated rings. The molecule has 0 atom stereocenters. The maximum Gasteiger partial charge on any atom is 0.264 e. The van der Waals surface area contributed by atoms with Crippen LogP contribution in [0.5, 0.6) is 0 Å². The summed E-state index contributed by atoms with van der Waals surface area (Å²) < 4.78 is 0. The number of nitriles is 1. The van der Waals surface area contributed by atoms with E-state index < -0.39 is 0 Å². The number of amides is 1. The van der Waals surface area contributed by atoms with E-state index in [1.54, 1.807) is 4.90 Å². The van der Waals surface area contributed by atoms with Gasteiger partial charge in [-0.3, -0.25) is 4.79 Å². The lowest BCUT2D eigenvalue weighted by Crippen LogP contribution is -2.30. The van der Waals surface area contributed by atoms with Crippen molar-refractivity contribution in [2.75, 3.05) is 13.1 Å². The summed E-state index contributed by atoms with van der Waals surface area (Å²) in [5, 5.41) is 8.58. The highest BCUT2D eigenvalue weighted by Crippen LogP contribution is 2.21. The molecule has 1 heterocycles. The molecule has 4 heteroatoms. The van der Waals surface area contributed by atoms with Crippen LogP contribution in [0.25, 0.3) is 0 Å². The van der Waals surface area contributed by atoms with Crippen LogP contribution in [-0.4, -0.2) is 23.9 Å². The van der Waals surface area contributed by atoms with Gasteiger partial charge in [0.2, 0.25) is 0 Å². The summed E-state index contributed by atoms with van der Waals surface area (Å²) in [5.74, 6) is -0.0414. The van der Waals surface area contributed by atoms with Crippen LogP contribution in [0, 0.1) is 25.2 Å². The van der Waals surface area contributed by atoms with Crippen molar-refractivity contribution in [3.8, 4) is 6.07 Å². The standard InChI is InChI=1S/C11H14N2OS/c1-4-13(6-5-12)11(14)10-7-8(2)9(3)15-10/h7H,4,6H2,1-3H3. The van der Waals surface area contributed by atoms with Crippen LogP contribution in [0.4, 0.5) is 0 Å². The molecule has 0 bridgehead atoms. The van der Waals surface area contributed by atoms with Crippen molar-refractivity contribution in [3.63, 3.8) is 0 Å². The molecule has 0 aliphatic heterocycles. The van der Waals surface area contributed by atoms with Gasteiger partial charge in [0.15, 0.2) is 0 Å². The molecule has 0 saturated carbocycles. The predicted molar refractivity (Wildman–Crippen MR) is 61.0 cm³/mol. The zero-order chi connectivity index (χ0) is 11.4. The Hall–Kier alpha value is -1.34. The Balaban J connectivity index is 2.88. The lowest BCUT2D eigenvalue weighted by Gasteiger charge is -2.15. The Morgan fingerprint density at radius 2 is 2.27 bits per heavy atom. The Labute approximate surface area is 93.9 Å². The van der Waals surface area contributed by atoms with E-state index in [0.717, 1.165) is 15.3 Å². The SMILES string of the molecule is CCN(CC#N)C(=O)c1cc(C)c(C)s1. The van der Waals surface area contributed by atoms with E-state index in [4.69, 9.17) is 5.26 Å². The van der Waals surface area contributed by atoms with Gasteiger partial charge in [0.25, 0.3) is 5.91 Å². The summed E-state index contributed by atoms with van der Waals surface area (Å²) in [7, 11) is 0. The van der Waals surface area contributed by atoms with Crippen molar-refractivity contribution in [2.24, 2.45) is 0 Å². The molecule has 80 valence electrons. The zero-order valence-electron chi connectivity index (χ0n) is 9.20. The zero-order valence-corrected chi connectivity index (χ0v) is 10.0. The summed E-state index contributed by atoms with van der Waals surface area (Å²) in [4.78, 5) is 15.3. The van der Waals surface area contributed by atoms with Crippen molar-refractivity contribution in [1.29, 1.82) is 5.26 Å². The quantitative estimate of drug-likeness (QED) is 0.737. The summed E-state index contributed by atoms with van der Waals surface area (Å²) in [5.41, 5.74) is 1.14. The summed E-state index contributed by atoms with van der Waals surface area (Å²) in [6, 6.07) is 3.89. The van der Waals surface area contributed by atoms with Gasteiger partial charge in [-0.2, -0.15) is 5.26 Å². The molecule has 3 nitrogen and oxygen atoms in total. The highest BCUT2D eigenvalue weighted by atomic mass is 32.1. The van der Waals surface area contributed by atoms with Crippen molar-refractivity contribution in [1.82, 2.24) is 4.90 Å². The molecule has 15 heavy (non-hydrogen) atoms. The van der Waals surface area contributed by atoms with Gasteiger partial charge >= 0.3 is 0 Å². The second kappa shape index (κ2) is 4.94. The molecule has 0 saturated heterocycles. The molecular weight excluding hydrogens is 208 g/mol. The van der Waals surface area contributed by atoms with Crippen LogP contribution in [0.3, 0.4) is 0 Å². The van der Waals surface area contributed by atoms with Crippen molar-refractivity contribution in [3.05, 3.63) is 21.4 Å². The smallest absolute Gasteiger partial charge is 0.264 e. The number of aryl methyl sites for hydroxylation is 2. The topological polar surface area (TPSA) is 44.1 Å². The van der Waals surface area contributed by atoms with Crippen LogP contribution in [0.15, 0.2) is 6.07 Å². The van der Waals surface area contributed by atoms with Gasteiger partial charge < -0.3 is 4.90 Å². The Morgan fingerprint density at radius 1 is 1.60 bits per heavy atom. The van der Waals surface area contributed by atoms with E-state index in [9.17, 15) is 4.79 Å². The molecule has 1 aromatic rings. The minimum Gasteiger partial charge on any atom is -0.325 e. The van der Waals surface area contributed by atoms with Crippen LogP contribution < -0.4 is 0 Å². The number of hydrogen-bond donors (Lipinski definition) is 0. The van der Waals surface area contributed by atoms with E-state index in [0.29, 0.717) is 6.54 Å². The molecule has 0 aliphatic rings. The molecule has 0 aliphatic carbocycles. The second-order valence-electron chi connectivity index (χ2n) is 3.33. The summed E-state index contributed by atoms with van der Waals surface area (Å²) in [6.07, 6.45) is 0. The van der Waals surface area contributed by atoms with Crippen molar-refractivity contribution >= 4 is 17.2 Å². The fraction of sp³-hybridized carbons (Fsp3) is 0.455. The minimum absolute atomic E-state index is 0.0414. The predicted octanol–water partition coefficient (Wildman–Crippen LogP) is 2.35. The second-order valence-corrected chi connectivity index (χ2v) is 4.58. The highest BCUT2D eigenvalue weighted by Gasteiger charge is 2.16. The van der Waals surface area contributed by atoms with E-state index in [1.165, 1.54) is 11.3 Å². The van der Waals surface area contributed by atoms with Gasteiger partial charge in [-0.25, -0.2) is 0 Å². The third-order valence-electron chi connectivity index (χ3n) is 2.31. The Bertz CT molecular complexity index is 384. The minimum atomic E-state index is -0.0414. The number of nitrogens with zero attached hydrogens (tertiary/aromatic N) is 2. The molecule has 1 rings (SSSR count). The van der Waals surface area contributed by atoms with Gasteiger partial charge in [0, 0.05) is 11.4 Å². The van der Waals surface area contributed by atoms with E-state index in [-0.39, 0.29) is 12.5 Å². The van der Waals surface area contributed by atoms with Gasteiger partial charge in [0.1, 0.15) is 6.54 Å². The Kier molecular flexibility index (Phi) is 3.87. The molecule has 1 aromatic heterocycles.